The summed E-state index contributed by atoms with van der Waals surface area (Å²) in [5, 5.41) is 2.57. The number of benzene rings is 5. The lowest BCUT2D eigenvalue weighted by Crippen LogP contribution is -2.29. The van der Waals surface area contributed by atoms with Crippen LogP contribution in [0.3, 0.4) is 0 Å². The molecule has 148 valence electrons. The van der Waals surface area contributed by atoms with Crippen LogP contribution in [0.15, 0.2) is 114 Å². The first-order valence-electron chi connectivity index (χ1n) is 10.6. The van der Waals surface area contributed by atoms with Gasteiger partial charge in [-0.05, 0) is 63.2 Å². The molecule has 5 aromatic rings. The zero-order valence-corrected chi connectivity index (χ0v) is 18.9. The molecule has 0 radical (unpaired) electrons. The van der Waals surface area contributed by atoms with Crippen LogP contribution in [-0.2, 0) is 5.41 Å². The van der Waals surface area contributed by atoms with E-state index in [1.165, 1.54) is 49.7 Å². The summed E-state index contributed by atoms with van der Waals surface area (Å²) in [7, 11) is 0. The Kier molecular flexibility index (Phi) is 4.16. The van der Waals surface area contributed by atoms with Crippen molar-refractivity contribution in [3.8, 4) is 11.1 Å². The van der Waals surface area contributed by atoms with Crippen molar-refractivity contribution in [3.63, 3.8) is 0 Å². The molecule has 0 saturated carbocycles. The maximum absolute atomic E-state index is 3.77. The molecule has 0 aromatic heterocycles. The van der Waals surface area contributed by atoms with Crippen LogP contribution >= 0.6 is 15.9 Å². The van der Waals surface area contributed by atoms with E-state index in [9.17, 15) is 0 Å². The van der Waals surface area contributed by atoms with Crippen LogP contribution in [-0.4, -0.2) is 0 Å². The summed E-state index contributed by atoms with van der Waals surface area (Å²) in [6.07, 6.45) is 0. The lowest BCUT2D eigenvalue weighted by atomic mass is 9.66. The van der Waals surface area contributed by atoms with Gasteiger partial charge in [0.15, 0.2) is 0 Å². The van der Waals surface area contributed by atoms with E-state index in [0.717, 1.165) is 4.47 Å². The van der Waals surface area contributed by atoms with Crippen LogP contribution < -0.4 is 0 Å². The SMILES string of the molecule is Cc1ccc(C2(c3cccc4ccccc34)c3ccccc3-c3ccc(Br)cc32)cc1. The quantitative estimate of drug-likeness (QED) is 0.243. The van der Waals surface area contributed by atoms with Gasteiger partial charge in [-0.25, -0.2) is 0 Å². The molecule has 1 unspecified atom stereocenters. The molecule has 0 bridgehead atoms. The Morgan fingerprint density at radius 1 is 0.581 bits per heavy atom. The molecule has 0 amide bonds. The van der Waals surface area contributed by atoms with Crippen molar-refractivity contribution in [2.45, 2.75) is 12.3 Å². The molecule has 1 heteroatoms. The highest BCUT2D eigenvalue weighted by atomic mass is 79.9. The largest absolute Gasteiger partial charge is 0.0719 e. The topological polar surface area (TPSA) is 0 Å². The summed E-state index contributed by atoms with van der Waals surface area (Å²) in [5.41, 5.74) is 8.86. The van der Waals surface area contributed by atoms with Crippen LogP contribution in [0.4, 0.5) is 0 Å². The molecule has 0 spiro atoms. The molecule has 5 aromatic carbocycles. The highest BCUT2D eigenvalue weighted by Gasteiger charge is 2.46. The molecule has 0 heterocycles. The van der Waals surface area contributed by atoms with Gasteiger partial charge in [0.25, 0.3) is 0 Å². The van der Waals surface area contributed by atoms with Crippen molar-refractivity contribution < 1.29 is 0 Å². The maximum Gasteiger partial charge on any atom is 0.0719 e. The second kappa shape index (κ2) is 6.93. The molecule has 1 aliphatic rings. The minimum absolute atomic E-state index is 0.371. The monoisotopic (exact) mass is 460 g/mol. The second-order valence-corrected chi connectivity index (χ2v) is 9.29. The van der Waals surface area contributed by atoms with Crippen molar-refractivity contribution in [2.75, 3.05) is 0 Å². The lowest BCUT2D eigenvalue weighted by Gasteiger charge is -2.35. The summed E-state index contributed by atoms with van der Waals surface area (Å²) >= 11 is 3.77. The molecule has 0 aliphatic heterocycles. The Labute approximate surface area is 191 Å². The number of fused-ring (bicyclic) bond motifs is 4. The Balaban J connectivity index is 1.85. The Hall–Kier alpha value is -3.16. The van der Waals surface area contributed by atoms with Crippen molar-refractivity contribution in [1.82, 2.24) is 0 Å². The minimum Gasteiger partial charge on any atom is -0.0619 e. The molecule has 0 nitrogen and oxygen atoms in total. The standard InChI is InChI=1S/C30H21Br/c1-20-13-15-22(16-14-20)30(27-12-6-8-21-7-2-3-9-24(21)27)28-11-5-4-10-25(28)26-18-17-23(31)19-29(26)30/h2-19H,1H3. The van der Waals surface area contributed by atoms with E-state index in [1.54, 1.807) is 0 Å². The molecule has 0 N–H and O–H groups in total. The average molecular weight is 461 g/mol. The van der Waals surface area contributed by atoms with E-state index in [-0.39, 0.29) is 5.41 Å². The summed E-state index contributed by atoms with van der Waals surface area (Å²) < 4.78 is 1.11. The Bertz CT molecular complexity index is 1440. The Morgan fingerprint density at radius 3 is 2.13 bits per heavy atom. The summed E-state index contributed by atoms with van der Waals surface area (Å²) in [6, 6.07) is 40.2. The first-order valence-corrected chi connectivity index (χ1v) is 11.4. The minimum atomic E-state index is -0.371. The molecule has 1 atom stereocenters. The van der Waals surface area contributed by atoms with Crippen LogP contribution in [0.5, 0.6) is 0 Å². The maximum atomic E-state index is 3.77. The summed E-state index contributed by atoms with van der Waals surface area (Å²) in [5.74, 6) is 0. The molecule has 6 rings (SSSR count). The van der Waals surface area contributed by atoms with Crippen molar-refractivity contribution in [1.29, 1.82) is 0 Å². The zero-order chi connectivity index (χ0) is 21.0. The number of halogens is 1. The third-order valence-electron chi connectivity index (χ3n) is 6.69. The van der Waals surface area contributed by atoms with Gasteiger partial charge >= 0.3 is 0 Å². The number of hydrogen-bond donors (Lipinski definition) is 0. The molecule has 31 heavy (non-hydrogen) atoms. The van der Waals surface area contributed by atoms with Gasteiger partial charge in [0.05, 0.1) is 5.41 Å². The fourth-order valence-electron chi connectivity index (χ4n) is 5.36. The zero-order valence-electron chi connectivity index (χ0n) is 17.3. The highest BCUT2D eigenvalue weighted by Crippen LogP contribution is 2.57. The smallest absolute Gasteiger partial charge is 0.0619 e. The average Bonchev–Trinajstić information content (AvgIpc) is 3.09. The van der Waals surface area contributed by atoms with Gasteiger partial charge in [0.2, 0.25) is 0 Å². The van der Waals surface area contributed by atoms with Crippen molar-refractivity contribution in [3.05, 3.63) is 141 Å². The van der Waals surface area contributed by atoms with Gasteiger partial charge in [0, 0.05) is 4.47 Å². The molecular formula is C30H21Br. The number of hydrogen-bond acceptors (Lipinski definition) is 0. The van der Waals surface area contributed by atoms with Crippen LogP contribution in [0, 0.1) is 6.92 Å². The first-order chi connectivity index (χ1) is 15.2. The van der Waals surface area contributed by atoms with Crippen LogP contribution in [0.25, 0.3) is 21.9 Å². The molecule has 0 saturated heterocycles. The van der Waals surface area contributed by atoms with Gasteiger partial charge in [-0.1, -0.05) is 119 Å². The van der Waals surface area contributed by atoms with E-state index in [2.05, 4.69) is 132 Å². The van der Waals surface area contributed by atoms with Gasteiger partial charge < -0.3 is 0 Å². The third kappa shape index (κ3) is 2.60. The number of aryl methyl sites for hydroxylation is 1. The fourth-order valence-corrected chi connectivity index (χ4v) is 5.73. The van der Waals surface area contributed by atoms with Crippen LogP contribution in [0.2, 0.25) is 0 Å². The lowest BCUT2D eigenvalue weighted by molar-refractivity contribution is 0.775. The van der Waals surface area contributed by atoms with Crippen molar-refractivity contribution in [2.24, 2.45) is 0 Å². The highest BCUT2D eigenvalue weighted by molar-refractivity contribution is 9.10. The van der Waals surface area contributed by atoms with Crippen molar-refractivity contribution >= 4 is 26.7 Å². The molecular weight excluding hydrogens is 440 g/mol. The van der Waals surface area contributed by atoms with Gasteiger partial charge in [-0.3, -0.25) is 0 Å². The molecule has 0 fully saturated rings. The number of rotatable bonds is 2. The van der Waals surface area contributed by atoms with E-state index >= 15 is 0 Å². The normalized spacial score (nSPS) is 16.8. The summed E-state index contributed by atoms with van der Waals surface area (Å²) in [4.78, 5) is 0. The van der Waals surface area contributed by atoms with Gasteiger partial charge in [-0.15, -0.1) is 0 Å². The van der Waals surface area contributed by atoms with Crippen LogP contribution in [0.1, 0.15) is 27.8 Å². The van der Waals surface area contributed by atoms with E-state index in [0.29, 0.717) is 0 Å². The van der Waals surface area contributed by atoms with E-state index < -0.39 is 0 Å². The van der Waals surface area contributed by atoms with E-state index in [1.807, 2.05) is 0 Å². The fraction of sp³-hybridized carbons (Fsp3) is 0.0667. The second-order valence-electron chi connectivity index (χ2n) is 8.38. The summed E-state index contributed by atoms with van der Waals surface area (Å²) in [6.45, 7) is 2.15. The predicted octanol–water partition coefficient (Wildman–Crippen LogP) is 8.27. The Morgan fingerprint density at radius 2 is 1.26 bits per heavy atom. The van der Waals surface area contributed by atoms with E-state index in [4.69, 9.17) is 0 Å². The predicted molar refractivity (Wildman–Crippen MR) is 134 cm³/mol. The third-order valence-corrected chi connectivity index (χ3v) is 7.18. The van der Waals surface area contributed by atoms with Gasteiger partial charge in [0.1, 0.15) is 0 Å². The molecule has 1 aliphatic carbocycles. The van der Waals surface area contributed by atoms with Gasteiger partial charge in [-0.2, -0.15) is 0 Å². The first kappa shape index (κ1) is 18.6.